The molecule has 0 aromatic carbocycles. The lowest BCUT2D eigenvalue weighted by Crippen LogP contribution is -2.42. The Morgan fingerprint density at radius 2 is 2.10 bits per heavy atom. The zero-order chi connectivity index (χ0) is 7.78. The van der Waals surface area contributed by atoms with Crippen LogP contribution < -0.4 is 5.32 Å². The molecular formula is C7H13NO2. The van der Waals surface area contributed by atoms with Gasteiger partial charge in [-0.3, -0.25) is 4.79 Å². The molecule has 0 bridgehead atoms. The number of amides is 1. The first-order chi connectivity index (χ1) is 4.50. The van der Waals surface area contributed by atoms with Crippen molar-refractivity contribution < 1.29 is 9.90 Å². The fraction of sp³-hybridized carbons (Fsp3) is 0.857. The van der Waals surface area contributed by atoms with E-state index in [-0.39, 0.29) is 5.91 Å². The third-order valence-electron chi connectivity index (χ3n) is 1.47. The number of hydrogen-bond donors (Lipinski definition) is 2. The highest BCUT2D eigenvalue weighted by molar-refractivity contribution is 5.84. The van der Waals surface area contributed by atoms with E-state index in [0.29, 0.717) is 6.04 Å². The molecule has 1 aliphatic carbocycles. The van der Waals surface area contributed by atoms with Crippen LogP contribution in [0.1, 0.15) is 26.7 Å². The number of carbonyl (C=O) groups excluding carboxylic acids is 1. The lowest BCUT2D eigenvalue weighted by atomic mass is 10.1. The third kappa shape index (κ3) is 1.99. The number of nitrogens with one attached hydrogen (secondary N) is 1. The summed E-state index contributed by atoms with van der Waals surface area (Å²) in [5.41, 5.74) is -1.22. The van der Waals surface area contributed by atoms with Gasteiger partial charge in [0.25, 0.3) is 5.91 Å². The summed E-state index contributed by atoms with van der Waals surface area (Å²) in [6, 6.07) is 0.332. The molecule has 0 aromatic heterocycles. The molecule has 58 valence electrons. The van der Waals surface area contributed by atoms with Gasteiger partial charge in [0.2, 0.25) is 0 Å². The quantitative estimate of drug-likeness (QED) is 0.573. The third-order valence-corrected chi connectivity index (χ3v) is 1.47. The zero-order valence-electron chi connectivity index (χ0n) is 6.35. The number of rotatable bonds is 2. The predicted octanol–water partition coefficient (Wildman–Crippen LogP) is 0.0359. The molecule has 1 aliphatic rings. The van der Waals surface area contributed by atoms with Gasteiger partial charge >= 0.3 is 0 Å². The molecule has 0 radical (unpaired) electrons. The van der Waals surface area contributed by atoms with E-state index in [1.165, 1.54) is 13.8 Å². The summed E-state index contributed by atoms with van der Waals surface area (Å²) in [4.78, 5) is 11.0. The molecule has 2 N–H and O–H groups in total. The molecule has 1 saturated carbocycles. The summed E-state index contributed by atoms with van der Waals surface area (Å²) in [6.07, 6.45) is 2.11. The Morgan fingerprint density at radius 1 is 1.60 bits per heavy atom. The van der Waals surface area contributed by atoms with Crippen molar-refractivity contribution in [1.29, 1.82) is 0 Å². The van der Waals surface area contributed by atoms with Gasteiger partial charge in [0.15, 0.2) is 0 Å². The first kappa shape index (κ1) is 7.54. The molecule has 0 aromatic rings. The standard InChI is InChI=1S/C7H13NO2/c1-7(2,10)6(9)8-5-3-4-5/h5,10H,3-4H2,1-2H3,(H,8,9). The summed E-state index contributed by atoms with van der Waals surface area (Å²) in [6.45, 7) is 2.98. The highest BCUT2D eigenvalue weighted by atomic mass is 16.3. The molecule has 0 spiro atoms. The second-order valence-corrected chi connectivity index (χ2v) is 3.31. The maximum Gasteiger partial charge on any atom is 0.251 e. The van der Waals surface area contributed by atoms with Crippen LogP contribution >= 0.6 is 0 Å². The summed E-state index contributed by atoms with van der Waals surface area (Å²) < 4.78 is 0. The van der Waals surface area contributed by atoms with Crippen molar-refractivity contribution in [3.63, 3.8) is 0 Å². The highest BCUT2D eigenvalue weighted by Gasteiger charge is 2.30. The monoisotopic (exact) mass is 143 g/mol. The summed E-state index contributed by atoms with van der Waals surface area (Å²) in [7, 11) is 0. The van der Waals surface area contributed by atoms with Gasteiger partial charge in [0, 0.05) is 6.04 Å². The topological polar surface area (TPSA) is 49.3 Å². The normalized spacial score (nSPS) is 18.7. The average Bonchev–Trinajstić information content (AvgIpc) is 2.47. The van der Waals surface area contributed by atoms with E-state index in [4.69, 9.17) is 5.11 Å². The van der Waals surface area contributed by atoms with Crippen LogP contribution in [-0.2, 0) is 4.79 Å². The molecule has 3 heteroatoms. The lowest BCUT2D eigenvalue weighted by Gasteiger charge is -2.15. The largest absolute Gasteiger partial charge is 0.381 e. The second-order valence-electron chi connectivity index (χ2n) is 3.31. The molecule has 1 fully saturated rings. The molecule has 0 unspecified atom stereocenters. The molecule has 0 aliphatic heterocycles. The Balaban J connectivity index is 2.32. The van der Waals surface area contributed by atoms with Crippen LogP contribution in [0.2, 0.25) is 0 Å². The first-order valence-corrected chi connectivity index (χ1v) is 3.53. The Kier molecular flexibility index (Phi) is 1.68. The van der Waals surface area contributed by atoms with Gasteiger partial charge in [0.05, 0.1) is 0 Å². The lowest BCUT2D eigenvalue weighted by molar-refractivity contribution is -0.136. The van der Waals surface area contributed by atoms with Gasteiger partial charge in [-0.05, 0) is 26.7 Å². The minimum absolute atomic E-state index is 0.269. The van der Waals surface area contributed by atoms with Gasteiger partial charge < -0.3 is 10.4 Å². The van der Waals surface area contributed by atoms with E-state index in [9.17, 15) is 4.79 Å². The second kappa shape index (κ2) is 2.23. The minimum Gasteiger partial charge on any atom is -0.381 e. The molecule has 1 amide bonds. The van der Waals surface area contributed by atoms with Crippen molar-refractivity contribution in [2.75, 3.05) is 0 Å². The fourth-order valence-corrected chi connectivity index (χ4v) is 0.590. The first-order valence-electron chi connectivity index (χ1n) is 3.53. The Labute approximate surface area is 60.4 Å². The maximum absolute atomic E-state index is 11.0. The molecular weight excluding hydrogens is 130 g/mol. The minimum atomic E-state index is -1.22. The number of hydrogen-bond acceptors (Lipinski definition) is 2. The Hall–Kier alpha value is -0.570. The van der Waals surface area contributed by atoms with Crippen LogP contribution in [0.4, 0.5) is 0 Å². The predicted molar refractivity (Wildman–Crippen MR) is 37.5 cm³/mol. The van der Waals surface area contributed by atoms with E-state index in [1.807, 2.05) is 0 Å². The van der Waals surface area contributed by atoms with Crippen molar-refractivity contribution in [3.05, 3.63) is 0 Å². The van der Waals surface area contributed by atoms with Crippen LogP contribution in [0.25, 0.3) is 0 Å². The average molecular weight is 143 g/mol. The van der Waals surface area contributed by atoms with Crippen LogP contribution in [-0.4, -0.2) is 22.7 Å². The molecule has 0 saturated heterocycles. The van der Waals surface area contributed by atoms with Gasteiger partial charge in [0.1, 0.15) is 5.60 Å². The van der Waals surface area contributed by atoms with Gasteiger partial charge in [-0.2, -0.15) is 0 Å². The molecule has 10 heavy (non-hydrogen) atoms. The Bertz CT molecular complexity index is 144. The maximum atomic E-state index is 11.0. The van der Waals surface area contributed by atoms with E-state index < -0.39 is 5.60 Å². The molecule has 0 atom stereocenters. The Morgan fingerprint density at radius 3 is 2.40 bits per heavy atom. The van der Waals surface area contributed by atoms with Gasteiger partial charge in [-0.25, -0.2) is 0 Å². The van der Waals surface area contributed by atoms with Crippen molar-refractivity contribution in [2.45, 2.75) is 38.3 Å². The highest BCUT2D eigenvalue weighted by Crippen LogP contribution is 2.19. The van der Waals surface area contributed by atoms with Gasteiger partial charge in [-0.1, -0.05) is 0 Å². The van der Waals surface area contributed by atoms with E-state index >= 15 is 0 Å². The van der Waals surface area contributed by atoms with Gasteiger partial charge in [-0.15, -0.1) is 0 Å². The number of carbonyl (C=O) groups is 1. The SMILES string of the molecule is CC(C)(O)C(=O)NC1CC1. The fourth-order valence-electron chi connectivity index (χ4n) is 0.590. The van der Waals surface area contributed by atoms with Crippen LogP contribution in [0.15, 0.2) is 0 Å². The smallest absolute Gasteiger partial charge is 0.251 e. The van der Waals surface area contributed by atoms with E-state index in [2.05, 4.69) is 5.32 Å². The van der Waals surface area contributed by atoms with Crippen molar-refractivity contribution in [1.82, 2.24) is 5.32 Å². The van der Waals surface area contributed by atoms with Crippen molar-refractivity contribution in [2.24, 2.45) is 0 Å². The molecule has 1 rings (SSSR count). The molecule has 0 heterocycles. The zero-order valence-corrected chi connectivity index (χ0v) is 6.35. The summed E-state index contributed by atoms with van der Waals surface area (Å²) in [5.74, 6) is -0.269. The van der Waals surface area contributed by atoms with E-state index in [0.717, 1.165) is 12.8 Å². The summed E-state index contributed by atoms with van der Waals surface area (Å²) >= 11 is 0. The van der Waals surface area contributed by atoms with Crippen molar-refractivity contribution >= 4 is 5.91 Å². The van der Waals surface area contributed by atoms with Crippen LogP contribution in [0, 0.1) is 0 Å². The van der Waals surface area contributed by atoms with E-state index in [1.54, 1.807) is 0 Å². The summed E-state index contributed by atoms with van der Waals surface area (Å²) in [5, 5.41) is 11.9. The van der Waals surface area contributed by atoms with Crippen LogP contribution in [0.5, 0.6) is 0 Å². The molecule has 3 nitrogen and oxygen atoms in total. The van der Waals surface area contributed by atoms with Crippen LogP contribution in [0.3, 0.4) is 0 Å². The van der Waals surface area contributed by atoms with Crippen molar-refractivity contribution in [3.8, 4) is 0 Å². The number of aliphatic hydroxyl groups is 1.